The molecule has 3 aromatic carbocycles. The Kier molecular flexibility index (Phi) is 22.6. The largest absolute Gasteiger partial charge is 0.353 e. The molecular formula is C50H77F3O2. The molecule has 5 heteroatoms. The van der Waals surface area contributed by atoms with Crippen molar-refractivity contribution in [2.45, 2.75) is 154 Å². The lowest BCUT2D eigenvalue weighted by molar-refractivity contribution is -0.187. The molecule has 310 valence electrons. The summed E-state index contributed by atoms with van der Waals surface area (Å²) in [6.07, 6.45) is 15.1. The van der Waals surface area contributed by atoms with Crippen LogP contribution in [0.4, 0.5) is 13.2 Å². The van der Waals surface area contributed by atoms with Crippen molar-refractivity contribution >= 4 is 0 Å². The summed E-state index contributed by atoms with van der Waals surface area (Å²) in [4.78, 5) is 0. The quantitative estimate of drug-likeness (QED) is 0.227. The molecule has 3 saturated carbocycles. The van der Waals surface area contributed by atoms with Crippen molar-refractivity contribution < 1.29 is 22.6 Å². The fourth-order valence-corrected chi connectivity index (χ4v) is 7.59. The Morgan fingerprint density at radius 1 is 0.418 bits per heavy atom. The first-order valence-corrected chi connectivity index (χ1v) is 21.3. The van der Waals surface area contributed by atoms with Crippen molar-refractivity contribution in [2.24, 2.45) is 41.4 Å². The molecule has 0 aromatic heterocycles. The molecule has 0 radical (unpaired) electrons. The van der Waals surface area contributed by atoms with Crippen molar-refractivity contribution in [1.29, 1.82) is 0 Å². The van der Waals surface area contributed by atoms with Gasteiger partial charge in [-0.2, -0.15) is 0 Å². The second kappa shape index (κ2) is 25.6. The Hall–Kier alpha value is -2.63. The Morgan fingerprint density at radius 2 is 0.782 bits per heavy atom. The zero-order chi connectivity index (χ0) is 41.1. The van der Waals surface area contributed by atoms with Crippen LogP contribution in [0.2, 0.25) is 0 Å². The summed E-state index contributed by atoms with van der Waals surface area (Å²) in [5, 5.41) is 0. The van der Waals surface area contributed by atoms with E-state index in [0.717, 1.165) is 54.3 Å². The summed E-state index contributed by atoms with van der Waals surface area (Å²) in [7, 11) is 0. The number of ether oxygens (including phenoxy) is 2. The first-order valence-electron chi connectivity index (χ1n) is 21.3. The molecule has 1 saturated heterocycles. The number of hydrogen-bond donors (Lipinski definition) is 0. The van der Waals surface area contributed by atoms with Gasteiger partial charge in [-0.05, 0) is 145 Å². The number of fused-ring (bicyclic) bond motifs is 1. The summed E-state index contributed by atoms with van der Waals surface area (Å²) < 4.78 is 48.1. The molecule has 0 bridgehead atoms. The van der Waals surface area contributed by atoms with Gasteiger partial charge in [0.05, 0.1) is 13.2 Å². The van der Waals surface area contributed by atoms with E-state index in [1.54, 1.807) is 19.9 Å². The molecule has 0 N–H and O–H groups in total. The van der Waals surface area contributed by atoms with Gasteiger partial charge >= 0.3 is 0 Å². The monoisotopic (exact) mass is 767 g/mol. The first-order chi connectivity index (χ1) is 25.9. The van der Waals surface area contributed by atoms with Crippen LogP contribution in [0.5, 0.6) is 0 Å². The van der Waals surface area contributed by atoms with E-state index in [1.807, 2.05) is 19.9 Å². The lowest BCUT2D eigenvalue weighted by Crippen LogP contribution is -2.29. The number of benzene rings is 3. The summed E-state index contributed by atoms with van der Waals surface area (Å²) in [5.41, 5.74) is 5.04. The second-order valence-corrected chi connectivity index (χ2v) is 17.8. The maximum atomic E-state index is 12.6. The van der Waals surface area contributed by atoms with E-state index in [1.165, 1.54) is 100 Å². The number of aryl methyl sites for hydroxylation is 5. The molecule has 4 unspecified atom stereocenters. The third-order valence-electron chi connectivity index (χ3n) is 11.6. The van der Waals surface area contributed by atoms with E-state index >= 15 is 0 Å². The maximum Gasteiger partial charge on any atom is 0.154 e. The van der Waals surface area contributed by atoms with Crippen molar-refractivity contribution in [3.8, 4) is 0 Å². The molecule has 4 aliphatic rings. The molecule has 0 spiro atoms. The molecule has 4 atom stereocenters. The number of hydrogen-bond acceptors (Lipinski definition) is 2. The SMILES string of the molecule is CC1CCC(C)CC1.CC1CCC2CC(C)CCC2C1.CC1COC(C)OC1.Cc1cc(F)c(C)c(F)c1.Cc1ccc(C)c(F)c1.Cc1ccc(C)cc1. The lowest BCUT2D eigenvalue weighted by Gasteiger charge is -2.40. The molecule has 1 aliphatic heterocycles. The van der Waals surface area contributed by atoms with Crippen LogP contribution in [0.1, 0.15) is 139 Å². The van der Waals surface area contributed by atoms with Crippen LogP contribution in [-0.2, 0) is 9.47 Å². The minimum absolute atomic E-state index is 0.0196. The predicted octanol–water partition coefficient (Wildman–Crippen LogP) is 15.0. The summed E-state index contributed by atoms with van der Waals surface area (Å²) in [6, 6.07) is 16.3. The van der Waals surface area contributed by atoms with Crippen LogP contribution in [0.15, 0.2) is 54.6 Å². The maximum absolute atomic E-state index is 12.6. The molecule has 55 heavy (non-hydrogen) atoms. The van der Waals surface area contributed by atoms with Gasteiger partial charge in [0.25, 0.3) is 0 Å². The molecule has 4 fully saturated rings. The fraction of sp³-hybridized carbons (Fsp3) is 0.640. The van der Waals surface area contributed by atoms with Crippen molar-refractivity contribution in [3.05, 3.63) is 105 Å². The van der Waals surface area contributed by atoms with Gasteiger partial charge in [-0.3, -0.25) is 0 Å². The van der Waals surface area contributed by atoms with E-state index in [-0.39, 0.29) is 17.7 Å². The van der Waals surface area contributed by atoms with Gasteiger partial charge in [-0.15, -0.1) is 0 Å². The third-order valence-corrected chi connectivity index (χ3v) is 11.6. The van der Waals surface area contributed by atoms with Gasteiger partial charge < -0.3 is 9.47 Å². The summed E-state index contributed by atoms with van der Waals surface area (Å²) >= 11 is 0. The zero-order valence-corrected chi connectivity index (χ0v) is 36.8. The van der Waals surface area contributed by atoms with E-state index in [0.29, 0.717) is 17.0 Å². The standard InChI is InChI=1S/C12H22.C8H8F2.C8H9F.C8H16.C8H10.C6H12O2/c1-9-3-5-12-8-10(2)4-6-11(12)7-9;1-5-3-7(9)6(2)8(10)4-5;1-6-3-4-7(2)8(9)5-6;2*1-7-3-5-8(2)6-4-7;1-5-3-7-6(2)8-4-5/h9-12H,3-8H2,1-2H3;3-4H,1-2H3;3-5H,1-2H3;7-8H,3-6H2,1-2H3;3-6H,1-2H3;5-6H,3-4H2,1-2H3. The van der Waals surface area contributed by atoms with Crippen LogP contribution in [0.25, 0.3) is 0 Å². The predicted molar refractivity (Wildman–Crippen MR) is 228 cm³/mol. The topological polar surface area (TPSA) is 18.5 Å². The Balaban J connectivity index is 0.000000230. The number of halogens is 3. The first kappa shape index (κ1) is 48.5. The van der Waals surface area contributed by atoms with E-state index < -0.39 is 11.6 Å². The van der Waals surface area contributed by atoms with Gasteiger partial charge in [-0.25, -0.2) is 13.2 Å². The minimum Gasteiger partial charge on any atom is -0.353 e. The molecule has 1 heterocycles. The highest BCUT2D eigenvalue weighted by Crippen LogP contribution is 2.44. The summed E-state index contributed by atoms with van der Waals surface area (Å²) in [6.45, 7) is 26.3. The Bertz CT molecular complexity index is 1370. The van der Waals surface area contributed by atoms with Crippen LogP contribution in [-0.4, -0.2) is 19.5 Å². The highest BCUT2D eigenvalue weighted by atomic mass is 19.1. The highest BCUT2D eigenvalue weighted by molar-refractivity contribution is 5.24. The van der Waals surface area contributed by atoms with Crippen molar-refractivity contribution in [3.63, 3.8) is 0 Å². The van der Waals surface area contributed by atoms with Gasteiger partial charge in [0.2, 0.25) is 0 Å². The smallest absolute Gasteiger partial charge is 0.154 e. The van der Waals surface area contributed by atoms with Gasteiger partial charge in [0.15, 0.2) is 6.29 Å². The second-order valence-electron chi connectivity index (χ2n) is 17.8. The van der Waals surface area contributed by atoms with Crippen LogP contribution in [0.3, 0.4) is 0 Å². The fourth-order valence-electron chi connectivity index (χ4n) is 7.59. The normalized spacial score (nSPS) is 26.9. The molecule has 7 rings (SSSR count). The zero-order valence-electron chi connectivity index (χ0n) is 36.8. The van der Waals surface area contributed by atoms with Crippen LogP contribution in [0, 0.1) is 100 Å². The Labute approximate surface area is 335 Å². The summed E-state index contributed by atoms with van der Waals surface area (Å²) in [5.74, 6) is 5.84. The molecule has 3 aliphatic carbocycles. The molecule has 2 nitrogen and oxygen atoms in total. The molecular weight excluding hydrogens is 690 g/mol. The van der Waals surface area contributed by atoms with Gasteiger partial charge in [0.1, 0.15) is 17.5 Å². The average Bonchev–Trinajstić information content (AvgIpc) is 3.14. The van der Waals surface area contributed by atoms with E-state index in [2.05, 4.69) is 72.7 Å². The number of rotatable bonds is 0. The third kappa shape index (κ3) is 20.4. The van der Waals surface area contributed by atoms with Gasteiger partial charge in [0, 0.05) is 11.5 Å². The highest BCUT2D eigenvalue weighted by Gasteiger charge is 2.32. The lowest BCUT2D eigenvalue weighted by atomic mass is 9.65. The van der Waals surface area contributed by atoms with E-state index in [9.17, 15) is 13.2 Å². The average molecular weight is 767 g/mol. The van der Waals surface area contributed by atoms with Gasteiger partial charge in [-0.1, -0.05) is 121 Å². The van der Waals surface area contributed by atoms with E-state index in [4.69, 9.17) is 9.47 Å². The molecule has 0 amide bonds. The van der Waals surface area contributed by atoms with Crippen LogP contribution < -0.4 is 0 Å². The molecule has 3 aromatic rings. The van der Waals surface area contributed by atoms with Crippen molar-refractivity contribution in [1.82, 2.24) is 0 Å². The Morgan fingerprint density at radius 3 is 1.15 bits per heavy atom. The minimum atomic E-state index is -0.475. The van der Waals surface area contributed by atoms with Crippen LogP contribution >= 0.6 is 0 Å². The van der Waals surface area contributed by atoms with Crippen molar-refractivity contribution in [2.75, 3.05) is 13.2 Å².